The lowest BCUT2D eigenvalue weighted by atomic mass is 9.85. The predicted octanol–water partition coefficient (Wildman–Crippen LogP) is 1.74. The Kier molecular flexibility index (Phi) is 8.22. The van der Waals surface area contributed by atoms with Crippen LogP contribution in [0.4, 0.5) is 0 Å². The Hall–Kier alpha value is -1.59. The summed E-state index contributed by atoms with van der Waals surface area (Å²) >= 11 is 0. The highest BCUT2D eigenvalue weighted by Crippen LogP contribution is 2.23. The average molecular weight is 354 g/mol. The molecule has 0 bridgehead atoms. The number of likely N-dealkylation sites (N-methyl/N-ethyl adjacent to an activating group) is 1. The molecule has 0 heterocycles. The molecule has 1 aromatic carbocycles. The second-order valence-electron chi connectivity index (χ2n) is 6.61. The van der Waals surface area contributed by atoms with Crippen LogP contribution in [-0.2, 0) is 16.0 Å². The standard InChI is InChI=1S/C18H27N3O2.ClH/c1-21(2)18(23)16(11-13-7-4-3-5-8-13)20-17(22)14-9-6-10-15(19)12-14;/h3-5,7-8,14-16H,6,9-12,19H2,1-2H3,(H,20,22);1H. The molecule has 0 radical (unpaired) electrons. The summed E-state index contributed by atoms with van der Waals surface area (Å²) in [5, 5.41) is 2.95. The second-order valence-corrected chi connectivity index (χ2v) is 6.61. The van der Waals surface area contributed by atoms with Crippen molar-refractivity contribution in [1.29, 1.82) is 0 Å². The summed E-state index contributed by atoms with van der Waals surface area (Å²) in [6.45, 7) is 0. The van der Waals surface area contributed by atoms with Gasteiger partial charge < -0.3 is 16.0 Å². The lowest BCUT2D eigenvalue weighted by molar-refractivity contribution is -0.136. The van der Waals surface area contributed by atoms with E-state index in [2.05, 4.69) is 5.32 Å². The molecule has 1 aromatic rings. The van der Waals surface area contributed by atoms with Crippen molar-refractivity contribution < 1.29 is 9.59 Å². The summed E-state index contributed by atoms with van der Waals surface area (Å²) in [6.07, 6.45) is 4.02. The first kappa shape index (κ1) is 20.5. The third-order valence-electron chi connectivity index (χ3n) is 4.42. The van der Waals surface area contributed by atoms with Crippen molar-refractivity contribution in [3.8, 4) is 0 Å². The Balaban J connectivity index is 0.00000288. The van der Waals surface area contributed by atoms with Crippen LogP contribution in [-0.4, -0.2) is 42.9 Å². The molecule has 1 aliphatic carbocycles. The predicted molar refractivity (Wildman–Crippen MR) is 98.0 cm³/mol. The van der Waals surface area contributed by atoms with Crippen LogP contribution in [0.2, 0.25) is 0 Å². The minimum absolute atomic E-state index is 0. The van der Waals surface area contributed by atoms with E-state index in [1.54, 1.807) is 14.1 Å². The van der Waals surface area contributed by atoms with Crippen LogP contribution in [0.3, 0.4) is 0 Å². The number of carbonyl (C=O) groups is 2. The molecule has 3 N–H and O–H groups in total. The zero-order valence-electron chi connectivity index (χ0n) is 14.4. The van der Waals surface area contributed by atoms with Gasteiger partial charge in [0, 0.05) is 32.5 Å². The van der Waals surface area contributed by atoms with Crippen molar-refractivity contribution in [3.63, 3.8) is 0 Å². The van der Waals surface area contributed by atoms with Gasteiger partial charge in [-0.2, -0.15) is 0 Å². The van der Waals surface area contributed by atoms with E-state index in [-0.39, 0.29) is 36.2 Å². The summed E-state index contributed by atoms with van der Waals surface area (Å²) in [5.41, 5.74) is 7.01. The molecular weight excluding hydrogens is 326 g/mol. The molecule has 1 saturated carbocycles. The van der Waals surface area contributed by atoms with Crippen molar-refractivity contribution in [2.45, 2.75) is 44.2 Å². The van der Waals surface area contributed by atoms with Gasteiger partial charge in [0.05, 0.1) is 0 Å². The maximum absolute atomic E-state index is 12.5. The fourth-order valence-electron chi connectivity index (χ4n) is 3.12. The normalized spacial score (nSPS) is 21.3. The van der Waals surface area contributed by atoms with E-state index in [4.69, 9.17) is 5.73 Å². The minimum Gasteiger partial charge on any atom is -0.347 e. The van der Waals surface area contributed by atoms with Crippen molar-refractivity contribution >= 4 is 24.2 Å². The average Bonchev–Trinajstić information content (AvgIpc) is 2.54. The smallest absolute Gasteiger partial charge is 0.244 e. The topological polar surface area (TPSA) is 75.4 Å². The number of hydrogen-bond donors (Lipinski definition) is 2. The summed E-state index contributed by atoms with van der Waals surface area (Å²) in [4.78, 5) is 26.5. The van der Waals surface area contributed by atoms with E-state index in [0.717, 1.165) is 24.8 Å². The van der Waals surface area contributed by atoms with Gasteiger partial charge >= 0.3 is 0 Å². The number of nitrogens with zero attached hydrogens (tertiary/aromatic N) is 1. The Bertz CT molecular complexity index is 536. The molecule has 1 aliphatic rings. The Morgan fingerprint density at radius 2 is 1.92 bits per heavy atom. The zero-order valence-corrected chi connectivity index (χ0v) is 15.2. The molecule has 5 nitrogen and oxygen atoms in total. The molecule has 3 unspecified atom stereocenters. The second kappa shape index (κ2) is 9.64. The molecular formula is C18H28ClN3O2. The van der Waals surface area contributed by atoms with Gasteiger partial charge in [0.15, 0.2) is 0 Å². The van der Waals surface area contributed by atoms with Crippen LogP contribution in [0.25, 0.3) is 0 Å². The van der Waals surface area contributed by atoms with Crippen LogP contribution in [0.5, 0.6) is 0 Å². The van der Waals surface area contributed by atoms with Gasteiger partial charge in [-0.25, -0.2) is 0 Å². The van der Waals surface area contributed by atoms with E-state index < -0.39 is 6.04 Å². The Morgan fingerprint density at radius 3 is 2.50 bits per heavy atom. The molecule has 0 saturated heterocycles. The number of carbonyl (C=O) groups excluding carboxylic acids is 2. The number of benzene rings is 1. The molecule has 1 fully saturated rings. The highest BCUT2D eigenvalue weighted by molar-refractivity contribution is 5.88. The molecule has 0 aromatic heterocycles. The Labute approximate surface area is 150 Å². The van der Waals surface area contributed by atoms with Crippen LogP contribution in [0, 0.1) is 5.92 Å². The van der Waals surface area contributed by atoms with Crippen LogP contribution in [0.15, 0.2) is 30.3 Å². The number of amides is 2. The van der Waals surface area contributed by atoms with Gasteiger partial charge in [-0.15, -0.1) is 12.4 Å². The lowest BCUT2D eigenvalue weighted by Gasteiger charge is -2.28. The third kappa shape index (κ3) is 5.80. The molecule has 6 heteroatoms. The molecule has 0 aliphatic heterocycles. The van der Waals surface area contributed by atoms with E-state index in [1.807, 2.05) is 30.3 Å². The highest BCUT2D eigenvalue weighted by Gasteiger charge is 2.29. The lowest BCUT2D eigenvalue weighted by Crippen LogP contribution is -2.50. The van der Waals surface area contributed by atoms with Gasteiger partial charge in [0.25, 0.3) is 0 Å². The fraction of sp³-hybridized carbons (Fsp3) is 0.556. The first-order valence-electron chi connectivity index (χ1n) is 8.28. The van der Waals surface area contributed by atoms with E-state index >= 15 is 0 Å². The van der Waals surface area contributed by atoms with Crippen molar-refractivity contribution in [2.75, 3.05) is 14.1 Å². The summed E-state index contributed by atoms with van der Waals surface area (Å²) in [7, 11) is 3.42. The summed E-state index contributed by atoms with van der Waals surface area (Å²) in [6, 6.07) is 9.32. The molecule has 0 spiro atoms. The maximum Gasteiger partial charge on any atom is 0.244 e. The summed E-state index contributed by atoms with van der Waals surface area (Å²) in [5.74, 6) is -0.203. The minimum atomic E-state index is -0.530. The molecule has 134 valence electrons. The van der Waals surface area contributed by atoms with Gasteiger partial charge in [-0.05, 0) is 24.8 Å². The van der Waals surface area contributed by atoms with E-state index in [9.17, 15) is 9.59 Å². The first-order chi connectivity index (χ1) is 11.0. The number of rotatable bonds is 5. The van der Waals surface area contributed by atoms with Crippen LogP contribution < -0.4 is 11.1 Å². The highest BCUT2D eigenvalue weighted by atomic mass is 35.5. The zero-order chi connectivity index (χ0) is 16.8. The maximum atomic E-state index is 12.5. The van der Waals surface area contributed by atoms with Gasteiger partial charge in [0.1, 0.15) is 6.04 Å². The van der Waals surface area contributed by atoms with Gasteiger partial charge in [0.2, 0.25) is 11.8 Å². The monoisotopic (exact) mass is 353 g/mol. The largest absolute Gasteiger partial charge is 0.347 e. The SMILES string of the molecule is CN(C)C(=O)C(Cc1ccccc1)NC(=O)C1CCCC(N)C1.Cl. The molecule has 2 rings (SSSR count). The molecule has 24 heavy (non-hydrogen) atoms. The van der Waals surface area contributed by atoms with Gasteiger partial charge in [-0.3, -0.25) is 9.59 Å². The third-order valence-corrected chi connectivity index (χ3v) is 4.42. The van der Waals surface area contributed by atoms with E-state index in [0.29, 0.717) is 12.8 Å². The number of hydrogen-bond acceptors (Lipinski definition) is 3. The van der Waals surface area contributed by atoms with Crippen molar-refractivity contribution in [1.82, 2.24) is 10.2 Å². The number of halogens is 1. The summed E-state index contributed by atoms with van der Waals surface area (Å²) < 4.78 is 0. The van der Waals surface area contributed by atoms with Gasteiger partial charge in [-0.1, -0.05) is 36.8 Å². The first-order valence-corrected chi connectivity index (χ1v) is 8.28. The number of nitrogens with one attached hydrogen (secondary N) is 1. The fourth-order valence-corrected chi connectivity index (χ4v) is 3.12. The quantitative estimate of drug-likeness (QED) is 0.846. The van der Waals surface area contributed by atoms with Crippen molar-refractivity contribution in [3.05, 3.63) is 35.9 Å². The molecule has 3 atom stereocenters. The van der Waals surface area contributed by atoms with Crippen molar-refractivity contribution in [2.24, 2.45) is 11.7 Å². The molecule has 2 amide bonds. The Morgan fingerprint density at radius 1 is 1.25 bits per heavy atom. The van der Waals surface area contributed by atoms with Crippen LogP contribution in [0.1, 0.15) is 31.2 Å². The van der Waals surface area contributed by atoms with Crippen LogP contribution >= 0.6 is 12.4 Å². The number of nitrogens with two attached hydrogens (primary N) is 1. The van der Waals surface area contributed by atoms with E-state index in [1.165, 1.54) is 4.90 Å².